The third-order valence-corrected chi connectivity index (χ3v) is 2.70. The van der Waals surface area contributed by atoms with Crippen molar-refractivity contribution in [3.05, 3.63) is 34.9 Å². The van der Waals surface area contributed by atoms with Gasteiger partial charge in [-0.2, -0.15) is 0 Å². The van der Waals surface area contributed by atoms with Crippen LogP contribution in [0.2, 0.25) is 0 Å². The van der Waals surface area contributed by atoms with Gasteiger partial charge in [0.2, 0.25) is 0 Å². The Morgan fingerprint density at radius 1 is 1.13 bits per heavy atom. The Hall–Kier alpha value is -1.11. The number of hydrogen-bond donors (Lipinski definition) is 0. The number of carbonyl (C=O) groups excluding carboxylic acids is 1. The number of benzene rings is 1. The summed E-state index contributed by atoms with van der Waals surface area (Å²) in [6.07, 6.45) is 0. The molecule has 0 aliphatic heterocycles. The first kappa shape index (κ1) is 12.0. The lowest BCUT2D eigenvalue weighted by molar-refractivity contribution is 0.0939. The van der Waals surface area contributed by atoms with Crippen LogP contribution in [0.3, 0.4) is 0 Å². The van der Waals surface area contributed by atoms with E-state index in [-0.39, 0.29) is 11.7 Å². The van der Waals surface area contributed by atoms with Crippen LogP contribution >= 0.6 is 0 Å². The first-order chi connectivity index (χ1) is 6.93. The Bertz CT molecular complexity index is 362. The van der Waals surface area contributed by atoms with E-state index in [2.05, 4.69) is 26.8 Å². The van der Waals surface area contributed by atoms with E-state index in [9.17, 15) is 4.79 Å². The molecule has 15 heavy (non-hydrogen) atoms. The van der Waals surface area contributed by atoms with Gasteiger partial charge in [0.05, 0.1) is 0 Å². The number of hydrogen-bond acceptors (Lipinski definition) is 1. The minimum Gasteiger partial charge on any atom is -0.294 e. The molecule has 0 heterocycles. The monoisotopic (exact) mass is 204 g/mol. The number of rotatable bonds is 3. The molecule has 0 radical (unpaired) electrons. The molecule has 0 bridgehead atoms. The predicted molar refractivity (Wildman–Crippen MR) is 64.4 cm³/mol. The van der Waals surface area contributed by atoms with Crippen molar-refractivity contribution < 1.29 is 4.79 Å². The molecule has 0 atom stereocenters. The highest BCUT2D eigenvalue weighted by Gasteiger charge is 2.12. The molecule has 0 saturated heterocycles. The van der Waals surface area contributed by atoms with Gasteiger partial charge in [0.25, 0.3) is 0 Å². The van der Waals surface area contributed by atoms with E-state index in [1.54, 1.807) is 0 Å². The lowest BCUT2D eigenvalue weighted by Crippen LogP contribution is -2.08. The fourth-order valence-electron chi connectivity index (χ4n) is 1.81. The summed E-state index contributed by atoms with van der Waals surface area (Å²) < 4.78 is 0. The molecule has 1 rings (SSSR count). The van der Waals surface area contributed by atoms with Gasteiger partial charge in [-0.3, -0.25) is 4.79 Å². The summed E-state index contributed by atoms with van der Waals surface area (Å²) >= 11 is 0. The Balaban J connectivity index is 3.07. The van der Waals surface area contributed by atoms with Crippen molar-refractivity contribution in [2.75, 3.05) is 0 Å². The lowest BCUT2D eigenvalue weighted by atomic mass is 9.93. The summed E-state index contributed by atoms with van der Waals surface area (Å²) in [7, 11) is 0. The second-order valence-corrected chi connectivity index (χ2v) is 4.75. The van der Waals surface area contributed by atoms with Crippen molar-refractivity contribution in [3.63, 3.8) is 0 Å². The van der Waals surface area contributed by atoms with Gasteiger partial charge in [0.1, 0.15) is 0 Å². The average molecular weight is 204 g/mol. The van der Waals surface area contributed by atoms with Crippen molar-refractivity contribution in [2.45, 2.75) is 40.5 Å². The summed E-state index contributed by atoms with van der Waals surface area (Å²) in [6, 6.07) is 6.04. The van der Waals surface area contributed by atoms with Crippen LogP contribution in [0, 0.1) is 12.8 Å². The molecule has 0 unspecified atom stereocenters. The Kier molecular flexibility index (Phi) is 3.67. The van der Waals surface area contributed by atoms with E-state index in [4.69, 9.17) is 0 Å². The van der Waals surface area contributed by atoms with Crippen molar-refractivity contribution >= 4 is 5.78 Å². The summed E-state index contributed by atoms with van der Waals surface area (Å²) in [5, 5.41) is 0. The van der Waals surface area contributed by atoms with Crippen LogP contribution in [0.1, 0.15) is 55.1 Å². The Morgan fingerprint density at radius 3 is 2.13 bits per heavy atom. The molecule has 0 amide bonds. The molecule has 0 N–H and O–H groups in total. The molecule has 0 aliphatic carbocycles. The van der Waals surface area contributed by atoms with Crippen LogP contribution in [0.25, 0.3) is 0 Å². The van der Waals surface area contributed by atoms with Gasteiger partial charge in [-0.25, -0.2) is 0 Å². The van der Waals surface area contributed by atoms with Crippen molar-refractivity contribution in [3.8, 4) is 0 Å². The quantitative estimate of drug-likeness (QED) is 0.681. The number of aryl methyl sites for hydroxylation is 1. The average Bonchev–Trinajstić information content (AvgIpc) is 2.15. The van der Waals surface area contributed by atoms with Gasteiger partial charge in [-0.05, 0) is 30.0 Å². The Morgan fingerprint density at radius 2 is 1.73 bits per heavy atom. The standard InChI is InChI=1S/C14H20O/c1-9(2)13-7-6-12(8-11(13)5)14(15)10(3)4/h6-10H,1-5H3. The molecular formula is C14H20O. The van der Waals surface area contributed by atoms with Crippen molar-refractivity contribution in [1.29, 1.82) is 0 Å². The van der Waals surface area contributed by atoms with Gasteiger partial charge < -0.3 is 0 Å². The van der Waals surface area contributed by atoms with Gasteiger partial charge >= 0.3 is 0 Å². The van der Waals surface area contributed by atoms with Gasteiger partial charge in [-0.1, -0.05) is 39.8 Å². The summed E-state index contributed by atoms with van der Waals surface area (Å²) in [5.74, 6) is 0.830. The summed E-state index contributed by atoms with van der Waals surface area (Å²) in [4.78, 5) is 11.8. The predicted octanol–water partition coefficient (Wildman–Crippen LogP) is 3.96. The van der Waals surface area contributed by atoms with Crippen molar-refractivity contribution in [1.82, 2.24) is 0 Å². The molecule has 0 saturated carbocycles. The maximum absolute atomic E-state index is 11.8. The van der Waals surface area contributed by atoms with E-state index >= 15 is 0 Å². The van der Waals surface area contributed by atoms with Crippen LogP contribution in [0.5, 0.6) is 0 Å². The zero-order valence-corrected chi connectivity index (χ0v) is 10.3. The SMILES string of the molecule is Cc1cc(C(=O)C(C)C)ccc1C(C)C. The largest absolute Gasteiger partial charge is 0.294 e. The zero-order valence-electron chi connectivity index (χ0n) is 10.3. The van der Waals surface area contributed by atoms with E-state index in [0.29, 0.717) is 5.92 Å². The molecular weight excluding hydrogens is 184 g/mol. The van der Waals surface area contributed by atoms with Crippen LogP contribution in [-0.2, 0) is 0 Å². The van der Waals surface area contributed by atoms with Crippen LogP contribution in [0.4, 0.5) is 0 Å². The highest BCUT2D eigenvalue weighted by molar-refractivity contribution is 5.97. The normalized spacial score (nSPS) is 11.1. The lowest BCUT2D eigenvalue weighted by Gasteiger charge is -2.11. The van der Waals surface area contributed by atoms with Crippen LogP contribution in [0.15, 0.2) is 18.2 Å². The van der Waals surface area contributed by atoms with E-state index in [1.165, 1.54) is 11.1 Å². The van der Waals surface area contributed by atoms with Crippen molar-refractivity contribution in [2.24, 2.45) is 5.92 Å². The maximum atomic E-state index is 11.8. The van der Waals surface area contributed by atoms with E-state index < -0.39 is 0 Å². The maximum Gasteiger partial charge on any atom is 0.165 e. The molecule has 1 aromatic carbocycles. The Labute approximate surface area is 92.5 Å². The molecule has 1 heteroatoms. The van der Waals surface area contributed by atoms with Gasteiger partial charge in [0.15, 0.2) is 5.78 Å². The number of Topliss-reactive ketones (excluding diaryl/α,β-unsaturated/α-hetero) is 1. The summed E-state index contributed by atoms with van der Waals surface area (Å²) in [5.41, 5.74) is 3.39. The van der Waals surface area contributed by atoms with E-state index in [1.807, 2.05) is 26.0 Å². The zero-order chi connectivity index (χ0) is 11.6. The third kappa shape index (κ3) is 2.68. The fourth-order valence-corrected chi connectivity index (χ4v) is 1.81. The highest BCUT2D eigenvalue weighted by atomic mass is 16.1. The molecule has 82 valence electrons. The molecule has 0 aliphatic rings. The summed E-state index contributed by atoms with van der Waals surface area (Å²) in [6.45, 7) is 10.3. The van der Waals surface area contributed by atoms with Gasteiger partial charge in [-0.15, -0.1) is 0 Å². The first-order valence-corrected chi connectivity index (χ1v) is 5.58. The molecule has 0 spiro atoms. The number of ketones is 1. The molecule has 1 aromatic rings. The molecule has 0 fully saturated rings. The second kappa shape index (κ2) is 4.61. The first-order valence-electron chi connectivity index (χ1n) is 5.58. The minimum absolute atomic E-state index is 0.0781. The second-order valence-electron chi connectivity index (χ2n) is 4.75. The smallest absolute Gasteiger partial charge is 0.165 e. The molecule has 1 nitrogen and oxygen atoms in total. The third-order valence-electron chi connectivity index (χ3n) is 2.70. The number of carbonyl (C=O) groups is 1. The van der Waals surface area contributed by atoms with Crippen LogP contribution < -0.4 is 0 Å². The van der Waals surface area contributed by atoms with Gasteiger partial charge in [0, 0.05) is 11.5 Å². The van der Waals surface area contributed by atoms with E-state index in [0.717, 1.165) is 5.56 Å². The molecule has 0 aromatic heterocycles. The topological polar surface area (TPSA) is 17.1 Å². The highest BCUT2D eigenvalue weighted by Crippen LogP contribution is 2.21. The fraction of sp³-hybridized carbons (Fsp3) is 0.500. The van der Waals surface area contributed by atoms with Crippen LogP contribution in [-0.4, -0.2) is 5.78 Å². The minimum atomic E-state index is 0.0781.